The summed E-state index contributed by atoms with van der Waals surface area (Å²) < 4.78 is 5.77. The van der Waals surface area contributed by atoms with Crippen molar-refractivity contribution in [3.8, 4) is 0 Å². The Kier molecular flexibility index (Phi) is 4.17. The van der Waals surface area contributed by atoms with E-state index >= 15 is 0 Å². The highest BCUT2D eigenvalue weighted by atomic mass is 16.6. The molecule has 1 N–H and O–H groups in total. The molecule has 0 unspecified atom stereocenters. The molecule has 0 aromatic heterocycles. The van der Waals surface area contributed by atoms with Crippen molar-refractivity contribution in [3.63, 3.8) is 0 Å². The van der Waals surface area contributed by atoms with Gasteiger partial charge in [-0.05, 0) is 24.0 Å². The van der Waals surface area contributed by atoms with Crippen LogP contribution < -0.4 is 0 Å². The van der Waals surface area contributed by atoms with E-state index in [9.17, 15) is 5.11 Å². The van der Waals surface area contributed by atoms with E-state index in [1.54, 1.807) is 0 Å². The van der Waals surface area contributed by atoms with E-state index in [-0.39, 0.29) is 18.3 Å². The van der Waals surface area contributed by atoms with Crippen LogP contribution in [0.15, 0.2) is 60.7 Å². The van der Waals surface area contributed by atoms with Gasteiger partial charge in [-0.25, -0.2) is 0 Å². The second-order valence-corrected chi connectivity index (χ2v) is 6.65. The van der Waals surface area contributed by atoms with Crippen LogP contribution in [0.2, 0.25) is 0 Å². The highest BCUT2D eigenvalue weighted by Gasteiger charge is 2.53. The average molecular weight is 309 g/mol. The van der Waals surface area contributed by atoms with E-state index in [2.05, 4.69) is 65.6 Å². The number of aliphatic hydroxyl groups is 1. The molecule has 0 spiro atoms. The third-order valence-electron chi connectivity index (χ3n) is 5.00. The lowest BCUT2D eigenvalue weighted by atomic mass is 9.91. The molecule has 1 aliphatic heterocycles. The van der Waals surface area contributed by atoms with Gasteiger partial charge in [-0.1, -0.05) is 60.7 Å². The van der Waals surface area contributed by atoms with Gasteiger partial charge in [-0.3, -0.25) is 4.90 Å². The summed E-state index contributed by atoms with van der Waals surface area (Å²) in [6, 6.07) is 21.6. The Balaban J connectivity index is 1.53. The molecule has 23 heavy (non-hydrogen) atoms. The van der Waals surface area contributed by atoms with Crippen LogP contribution >= 0.6 is 0 Å². The van der Waals surface area contributed by atoms with Crippen molar-refractivity contribution < 1.29 is 9.84 Å². The standard InChI is InChI=1S/C20H23NO2/c22-18-12-11-17(19-20(18)23-19)21(13-15-7-3-1-4-8-15)14-16-9-5-2-6-10-16/h1-10,17-20,22H,11-14H2/t17-,18+,19-,20+/m0/s1. The maximum atomic E-state index is 9.95. The van der Waals surface area contributed by atoms with Crippen LogP contribution in [-0.4, -0.2) is 34.4 Å². The molecule has 1 saturated carbocycles. The molecule has 1 aliphatic carbocycles. The fourth-order valence-corrected chi connectivity index (χ4v) is 3.74. The van der Waals surface area contributed by atoms with Crippen molar-refractivity contribution in [2.45, 2.75) is 50.3 Å². The van der Waals surface area contributed by atoms with Crippen molar-refractivity contribution in [2.24, 2.45) is 0 Å². The first-order chi connectivity index (χ1) is 11.3. The minimum Gasteiger partial charge on any atom is -0.390 e. The fraction of sp³-hybridized carbons (Fsp3) is 0.400. The minimum absolute atomic E-state index is 0.0581. The van der Waals surface area contributed by atoms with Gasteiger partial charge >= 0.3 is 0 Å². The second kappa shape index (κ2) is 6.44. The Morgan fingerprint density at radius 2 is 1.39 bits per heavy atom. The maximum Gasteiger partial charge on any atom is 0.112 e. The molecule has 120 valence electrons. The lowest BCUT2D eigenvalue weighted by molar-refractivity contribution is 0.0903. The van der Waals surface area contributed by atoms with Gasteiger partial charge in [0.25, 0.3) is 0 Å². The van der Waals surface area contributed by atoms with E-state index in [0.29, 0.717) is 6.04 Å². The van der Waals surface area contributed by atoms with Crippen LogP contribution in [0.4, 0.5) is 0 Å². The summed E-state index contributed by atoms with van der Waals surface area (Å²) in [5, 5.41) is 9.95. The Bertz CT molecular complexity index is 589. The maximum absolute atomic E-state index is 9.95. The van der Waals surface area contributed by atoms with Crippen LogP contribution in [0.25, 0.3) is 0 Å². The SMILES string of the molecule is O[C@@H]1CC[C@H](N(Cc2ccccc2)Cc2ccccc2)[C@@H]2O[C@@H]21. The molecule has 0 amide bonds. The molecule has 2 aromatic rings. The van der Waals surface area contributed by atoms with Crippen LogP contribution in [0.1, 0.15) is 24.0 Å². The fourth-order valence-electron chi connectivity index (χ4n) is 3.74. The van der Waals surface area contributed by atoms with Gasteiger partial charge in [0, 0.05) is 19.1 Å². The summed E-state index contributed by atoms with van der Waals surface area (Å²) >= 11 is 0. The number of aliphatic hydroxyl groups excluding tert-OH is 1. The normalized spacial score (nSPS) is 29.3. The highest BCUT2D eigenvalue weighted by molar-refractivity contribution is 5.18. The molecule has 3 nitrogen and oxygen atoms in total. The van der Waals surface area contributed by atoms with E-state index < -0.39 is 0 Å². The van der Waals surface area contributed by atoms with Crippen LogP contribution in [-0.2, 0) is 17.8 Å². The summed E-state index contributed by atoms with van der Waals surface area (Å²) in [5.41, 5.74) is 2.65. The van der Waals surface area contributed by atoms with Crippen LogP contribution in [0.5, 0.6) is 0 Å². The second-order valence-electron chi connectivity index (χ2n) is 6.65. The topological polar surface area (TPSA) is 36.0 Å². The van der Waals surface area contributed by atoms with Crippen molar-refractivity contribution in [2.75, 3.05) is 0 Å². The van der Waals surface area contributed by atoms with Crippen molar-refractivity contribution in [1.29, 1.82) is 0 Å². The molecule has 4 rings (SSSR count). The highest BCUT2D eigenvalue weighted by Crippen LogP contribution is 2.40. The first kappa shape index (κ1) is 14.9. The molecule has 2 aromatic carbocycles. The Labute approximate surface area is 137 Å². The number of nitrogens with zero attached hydrogens (tertiary/aromatic N) is 1. The zero-order chi connectivity index (χ0) is 15.6. The zero-order valence-electron chi connectivity index (χ0n) is 13.2. The monoisotopic (exact) mass is 309 g/mol. The predicted octanol–water partition coefficient (Wildman–Crippen LogP) is 2.98. The van der Waals surface area contributed by atoms with Gasteiger partial charge < -0.3 is 9.84 Å². The molecule has 4 atom stereocenters. The third kappa shape index (κ3) is 3.32. The number of epoxide rings is 1. The van der Waals surface area contributed by atoms with Gasteiger partial charge in [-0.15, -0.1) is 0 Å². The molecule has 0 radical (unpaired) electrons. The predicted molar refractivity (Wildman–Crippen MR) is 89.8 cm³/mol. The van der Waals surface area contributed by atoms with Crippen molar-refractivity contribution in [3.05, 3.63) is 71.8 Å². The third-order valence-corrected chi connectivity index (χ3v) is 5.00. The van der Waals surface area contributed by atoms with E-state index in [0.717, 1.165) is 25.9 Å². The van der Waals surface area contributed by atoms with Gasteiger partial charge in [0.15, 0.2) is 0 Å². The summed E-state index contributed by atoms with van der Waals surface area (Å²) in [7, 11) is 0. The number of ether oxygens (including phenoxy) is 1. The molecule has 3 heteroatoms. The Morgan fingerprint density at radius 1 is 0.826 bits per heavy atom. The van der Waals surface area contributed by atoms with E-state index in [1.807, 2.05) is 0 Å². The quantitative estimate of drug-likeness (QED) is 0.863. The van der Waals surface area contributed by atoms with E-state index in [4.69, 9.17) is 4.74 Å². The van der Waals surface area contributed by atoms with E-state index in [1.165, 1.54) is 11.1 Å². The Hall–Kier alpha value is -1.68. The number of hydrogen-bond donors (Lipinski definition) is 1. The zero-order valence-corrected chi connectivity index (χ0v) is 13.2. The first-order valence-corrected chi connectivity index (χ1v) is 8.47. The van der Waals surface area contributed by atoms with Gasteiger partial charge in [-0.2, -0.15) is 0 Å². The lowest BCUT2D eigenvalue weighted by Gasteiger charge is -2.33. The number of hydrogen-bond acceptors (Lipinski definition) is 3. The smallest absolute Gasteiger partial charge is 0.112 e. The van der Waals surface area contributed by atoms with Crippen molar-refractivity contribution in [1.82, 2.24) is 4.90 Å². The summed E-state index contributed by atoms with van der Waals surface area (Å²) in [6.45, 7) is 1.84. The largest absolute Gasteiger partial charge is 0.390 e. The summed E-state index contributed by atoms with van der Waals surface area (Å²) in [4.78, 5) is 2.52. The summed E-state index contributed by atoms with van der Waals surface area (Å²) in [5.74, 6) is 0. The molecule has 2 aliphatic rings. The van der Waals surface area contributed by atoms with Gasteiger partial charge in [0.05, 0.1) is 6.10 Å². The number of fused-ring (bicyclic) bond motifs is 1. The van der Waals surface area contributed by atoms with Crippen molar-refractivity contribution >= 4 is 0 Å². The molecule has 0 bridgehead atoms. The molecule has 2 fully saturated rings. The molecule has 1 heterocycles. The van der Waals surface area contributed by atoms with Gasteiger partial charge in [0.1, 0.15) is 12.2 Å². The van der Waals surface area contributed by atoms with Gasteiger partial charge in [0.2, 0.25) is 0 Å². The first-order valence-electron chi connectivity index (χ1n) is 8.47. The molecular formula is C20H23NO2. The minimum atomic E-state index is -0.272. The molecular weight excluding hydrogens is 286 g/mol. The average Bonchev–Trinajstić information content (AvgIpc) is 3.38. The van der Waals surface area contributed by atoms with Crippen LogP contribution in [0.3, 0.4) is 0 Å². The lowest BCUT2D eigenvalue weighted by Crippen LogP contribution is -2.43. The summed E-state index contributed by atoms with van der Waals surface area (Å²) in [6.07, 6.45) is 1.83. The molecule has 1 saturated heterocycles. The Morgan fingerprint density at radius 3 is 1.96 bits per heavy atom. The number of benzene rings is 2. The van der Waals surface area contributed by atoms with Crippen LogP contribution in [0, 0.1) is 0 Å². The number of rotatable bonds is 5.